The third kappa shape index (κ3) is 5.27. The number of carbonyl (C=O) groups excluding carboxylic acids is 1. The molecule has 2 atom stereocenters. The lowest BCUT2D eigenvalue weighted by Gasteiger charge is -2.19. The predicted octanol–water partition coefficient (Wildman–Crippen LogP) is 5.43. The van der Waals surface area contributed by atoms with Gasteiger partial charge in [0.1, 0.15) is 12.8 Å². The molecule has 0 radical (unpaired) electrons. The zero-order valence-corrected chi connectivity index (χ0v) is 17.9. The van der Waals surface area contributed by atoms with Gasteiger partial charge in [-0.25, -0.2) is 4.98 Å². The number of hydrogen-bond acceptors (Lipinski definition) is 5. The van der Waals surface area contributed by atoms with Crippen molar-refractivity contribution >= 4 is 46.2 Å². The summed E-state index contributed by atoms with van der Waals surface area (Å²) in [7, 11) is 0. The number of hydrogen-bond donors (Lipinski definition) is 1. The van der Waals surface area contributed by atoms with Gasteiger partial charge >= 0.3 is 5.97 Å². The van der Waals surface area contributed by atoms with Crippen molar-refractivity contribution in [1.82, 2.24) is 9.55 Å². The summed E-state index contributed by atoms with van der Waals surface area (Å²) >= 11 is 12.3. The van der Waals surface area contributed by atoms with Gasteiger partial charge in [-0.05, 0) is 38.8 Å². The summed E-state index contributed by atoms with van der Waals surface area (Å²) in [5.41, 5.74) is 1.61. The number of imidazole rings is 1. The van der Waals surface area contributed by atoms with Crippen LogP contribution in [0.1, 0.15) is 53.7 Å². The average molecular weight is 416 g/mol. The summed E-state index contributed by atoms with van der Waals surface area (Å²) in [6.45, 7) is 9.75. The summed E-state index contributed by atoms with van der Waals surface area (Å²) in [5.74, 6) is 0.408. The van der Waals surface area contributed by atoms with Gasteiger partial charge in [0.05, 0.1) is 27.2 Å². The molecule has 150 valence electrons. The van der Waals surface area contributed by atoms with Crippen LogP contribution in [0.25, 0.3) is 11.0 Å². The molecule has 27 heavy (non-hydrogen) atoms. The monoisotopic (exact) mass is 415 g/mol. The number of carbonyl (C=O) groups is 1. The van der Waals surface area contributed by atoms with Crippen LogP contribution in [0.15, 0.2) is 12.1 Å². The molecular weight excluding hydrogens is 389 g/mol. The number of ether oxygens (including phenoxy) is 2. The first-order chi connectivity index (χ1) is 12.8. The van der Waals surface area contributed by atoms with Crippen LogP contribution in [0.5, 0.6) is 0 Å². The molecule has 8 heteroatoms. The van der Waals surface area contributed by atoms with Gasteiger partial charge < -0.3 is 14.8 Å². The van der Waals surface area contributed by atoms with E-state index in [1.807, 2.05) is 32.3 Å². The van der Waals surface area contributed by atoms with Crippen molar-refractivity contribution in [2.75, 3.05) is 11.9 Å². The molecule has 1 saturated heterocycles. The lowest BCUT2D eigenvalue weighted by Crippen LogP contribution is -2.20. The largest absolute Gasteiger partial charge is 0.463 e. The Hall–Kier alpha value is -1.50. The molecule has 1 aromatic heterocycles. The fourth-order valence-electron chi connectivity index (χ4n) is 2.95. The first kappa shape index (κ1) is 21.8. The summed E-state index contributed by atoms with van der Waals surface area (Å²) in [6.07, 6.45) is 1.27. The Bertz CT molecular complexity index is 792. The second kappa shape index (κ2) is 9.62. The molecule has 3 rings (SSSR count). The Labute approximate surface area is 170 Å². The second-order valence-corrected chi connectivity index (χ2v) is 7.27. The number of anilines is 1. The summed E-state index contributed by atoms with van der Waals surface area (Å²) < 4.78 is 13.2. The molecule has 1 N–H and O–H groups in total. The van der Waals surface area contributed by atoms with E-state index in [0.717, 1.165) is 23.9 Å². The van der Waals surface area contributed by atoms with Crippen molar-refractivity contribution in [3.8, 4) is 0 Å². The molecule has 1 fully saturated rings. The van der Waals surface area contributed by atoms with Crippen molar-refractivity contribution in [1.29, 1.82) is 0 Å². The Morgan fingerprint density at radius 1 is 1.33 bits per heavy atom. The van der Waals surface area contributed by atoms with Crippen LogP contribution in [0.3, 0.4) is 0 Å². The lowest BCUT2D eigenvalue weighted by molar-refractivity contribution is -0.145. The molecule has 1 aliphatic rings. The van der Waals surface area contributed by atoms with E-state index in [2.05, 4.69) is 10.3 Å². The highest BCUT2D eigenvalue weighted by atomic mass is 35.5. The van der Waals surface area contributed by atoms with E-state index in [-0.39, 0.29) is 30.9 Å². The summed E-state index contributed by atoms with van der Waals surface area (Å²) in [4.78, 5) is 15.6. The Morgan fingerprint density at radius 2 is 2.00 bits per heavy atom. The first-order valence-electron chi connectivity index (χ1n) is 9.27. The van der Waals surface area contributed by atoms with Gasteiger partial charge in [-0.15, -0.1) is 0 Å². The van der Waals surface area contributed by atoms with Crippen molar-refractivity contribution in [3.63, 3.8) is 0 Å². The highest BCUT2D eigenvalue weighted by molar-refractivity contribution is 6.42. The number of nitrogens with zero attached hydrogens (tertiary/aromatic N) is 2. The first-order valence-corrected chi connectivity index (χ1v) is 10.0. The van der Waals surface area contributed by atoms with Gasteiger partial charge in [0, 0.05) is 13.0 Å². The molecule has 1 aliphatic heterocycles. The van der Waals surface area contributed by atoms with Crippen molar-refractivity contribution in [2.24, 2.45) is 0 Å². The standard InChI is InChI=1S/C17H21Cl2N3O3.C2H6/c1-9(2)20-17-21-14-6-12(18)13(19)7-15(14)22(17)16-5-4-11(25-16)8-24-10(3)23;1-2/h6-7,9,11,16H,4-5,8H2,1-3H3,(H,20,21);1-2H3. The minimum atomic E-state index is -0.302. The zero-order chi connectivity index (χ0) is 20.1. The molecule has 0 aliphatic carbocycles. The molecule has 0 bridgehead atoms. The molecule has 6 nitrogen and oxygen atoms in total. The van der Waals surface area contributed by atoms with E-state index in [1.54, 1.807) is 12.1 Å². The smallest absolute Gasteiger partial charge is 0.302 e. The molecular formula is C19H27Cl2N3O3. The van der Waals surface area contributed by atoms with Gasteiger partial charge in [0.2, 0.25) is 5.95 Å². The van der Waals surface area contributed by atoms with Crippen LogP contribution in [-0.2, 0) is 14.3 Å². The minimum absolute atomic E-state index is 0.124. The van der Waals surface area contributed by atoms with Gasteiger partial charge in [0.25, 0.3) is 0 Å². The van der Waals surface area contributed by atoms with Crippen molar-refractivity contribution in [2.45, 2.75) is 65.8 Å². The maximum absolute atomic E-state index is 11.0. The maximum atomic E-state index is 11.0. The fraction of sp³-hybridized carbons (Fsp3) is 0.579. The van der Waals surface area contributed by atoms with E-state index in [0.29, 0.717) is 16.0 Å². The van der Waals surface area contributed by atoms with Gasteiger partial charge in [-0.1, -0.05) is 37.0 Å². The lowest BCUT2D eigenvalue weighted by atomic mass is 10.2. The second-order valence-electron chi connectivity index (χ2n) is 6.45. The molecule has 0 spiro atoms. The number of rotatable bonds is 5. The normalized spacial score (nSPS) is 19.1. The summed E-state index contributed by atoms with van der Waals surface area (Å²) in [5, 5.41) is 4.28. The van der Waals surface area contributed by atoms with E-state index in [9.17, 15) is 4.79 Å². The number of benzene rings is 1. The van der Waals surface area contributed by atoms with Gasteiger partial charge in [-0.3, -0.25) is 9.36 Å². The topological polar surface area (TPSA) is 65.4 Å². The highest BCUT2D eigenvalue weighted by Gasteiger charge is 2.30. The maximum Gasteiger partial charge on any atom is 0.302 e. The Kier molecular flexibility index (Phi) is 7.77. The van der Waals surface area contributed by atoms with Gasteiger partial charge in [0.15, 0.2) is 0 Å². The minimum Gasteiger partial charge on any atom is -0.463 e. The molecule has 1 aromatic carbocycles. The Morgan fingerprint density at radius 3 is 2.63 bits per heavy atom. The van der Waals surface area contributed by atoms with Crippen LogP contribution in [0.4, 0.5) is 5.95 Å². The van der Waals surface area contributed by atoms with Crippen molar-refractivity contribution in [3.05, 3.63) is 22.2 Å². The van der Waals surface area contributed by atoms with Crippen LogP contribution in [0.2, 0.25) is 10.0 Å². The Balaban J connectivity index is 0.00000126. The third-order valence-corrected chi connectivity index (χ3v) is 4.72. The number of nitrogens with one attached hydrogen (secondary N) is 1. The molecule has 2 heterocycles. The van der Waals surface area contributed by atoms with E-state index < -0.39 is 0 Å². The molecule has 2 aromatic rings. The number of halogens is 2. The quantitative estimate of drug-likeness (QED) is 0.659. The predicted molar refractivity (Wildman–Crippen MR) is 110 cm³/mol. The van der Waals surface area contributed by atoms with E-state index >= 15 is 0 Å². The van der Waals surface area contributed by atoms with E-state index in [1.165, 1.54) is 6.92 Å². The number of fused-ring (bicyclic) bond motifs is 1. The molecule has 0 amide bonds. The third-order valence-electron chi connectivity index (χ3n) is 3.99. The zero-order valence-electron chi connectivity index (χ0n) is 16.4. The van der Waals surface area contributed by atoms with E-state index in [4.69, 9.17) is 32.7 Å². The highest BCUT2D eigenvalue weighted by Crippen LogP contribution is 2.37. The number of aromatic nitrogens is 2. The average Bonchev–Trinajstić information content (AvgIpc) is 3.19. The van der Waals surface area contributed by atoms with Crippen LogP contribution < -0.4 is 5.32 Å². The fourth-order valence-corrected chi connectivity index (χ4v) is 3.27. The van der Waals surface area contributed by atoms with Crippen LogP contribution >= 0.6 is 23.2 Å². The molecule has 2 unspecified atom stereocenters. The molecule has 0 saturated carbocycles. The summed E-state index contributed by atoms with van der Waals surface area (Å²) in [6, 6.07) is 3.77. The van der Waals surface area contributed by atoms with Crippen molar-refractivity contribution < 1.29 is 14.3 Å². The van der Waals surface area contributed by atoms with Crippen LogP contribution in [-0.4, -0.2) is 34.3 Å². The van der Waals surface area contributed by atoms with Gasteiger partial charge in [-0.2, -0.15) is 0 Å². The number of esters is 1. The van der Waals surface area contributed by atoms with Crippen LogP contribution in [0, 0.1) is 0 Å². The SMILES string of the molecule is CC.CC(=O)OCC1CCC(n2c(NC(C)C)nc3cc(Cl)c(Cl)cc32)O1.